The molecule has 5 rings (SSSR count). The number of anilines is 1. The Morgan fingerprint density at radius 1 is 1.09 bits per heavy atom. The lowest BCUT2D eigenvalue weighted by molar-refractivity contribution is 0.417. The Bertz CT molecular complexity index is 867. The summed E-state index contributed by atoms with van der Waals surface area (Å²) in [5.41, 5.74) is 3.76. The van der Waals surface area contributed by atoms with Gasteiger partial charge in [-0.05, 0) is 17.9 Å². The van der Waals surface area contributed by atoms with E-state index in [4.69, 9.17) is 4.98 Å². The van der Waals surface area contributed by atoms with Crippen molar-refractivity contribution in [2.75, 3.05) is 5.32 Å². The van der Waals surface area contributed by atoms with Gasteiger partial charge in [0.15, 0.2) is 17.1 Å². The molecule has 2 aromatic heterocycles. The molecule has 1 aliphatic heterocycles. The number of fused-ring (bicyclic) bond motifs is 4. The van der Waals surface area contributed by atoms with E-state index in [1.807, 2.05) is 0 Å². The van der Waals surface area contributed by atoms with Crippen molar-refractivity contribution in [3.8, 4) is 0 Å². The average Bonchev–Trinajstić information content (AvgIpc) is 3.21. The third-order valence-electron chi connectivity index (χ3n) is 4.70. The Kier molecular flexibility index (Phi) is 2.38. The van der Waals surface area contributed by atoms with Crippen LogP contribution in [0, 0.1) is 5.92 Å². The van der Waals surface area contributed by atoms with E-state index >= 15 is 0 Å². The van der Waals surface area contributed by atoms with Crippen LogP contribution in [-0.4, -0.2) is 19.9 Å². The number of nitrogens with one attached hydrogen (secondary N) is 2. The second-order valence-electron chi connectivity index (χ2n) is 5.92. The van der Waals surface area contributed by atoms with Crippen LogP contribution in [0.15, 0.2) is 48.8 Å². The Balaban J connectivity index is 1.67. The monoisotopic (exact) mass is 289 g/mol. The fraction of sp³-hybridized carbons (Fsp3) is 0.235. The van der Waals surface area contributed by atoms with Crippen LogP contribution in [-0.2, 0) is 0 Å². The molecule has 0 spiro atoms. The lowest BCUT2D eigenvalue weighted by atomic mass is 9.80. The van der Waals surface area contributed by atoms with Gasteiger partial charge in [-0.1, -0.05) is 42.5 Å². The van der Waals surface area contributed by atoms with Crippen LogP contribution >= 0.6 is 0 Å². The number of rotatable bonds is 1. The van der Waals surface area contributed by atoms with Gasteiger partial charge in [-0.15, -0.1) is 0 Å². The Labute approximate surface area is 127 Å². The summed E-state index contributed by atoms with van der Waals surface area (Å²) in [6, 6.07) is 10.9. The van der Waals surface area contributed by atoms with E-state index in [9.17, 15) is 0 Å². The second kappa shape index (κ2) is 4.40. The summed E-state index contributed by atoms with van der Waals surface area (Å²) in [5, 5.41) is 3.60. The summed E-state index contributed by atoms with van der Waals surface area (Å²) in [6.07, 6.45) is 7.25. The molecule has 3 atom stereocenters. The van der Waals surface area contributed by atoms with E-state index in [0.717, 1.165) is 23.6 Å². The van der Waals surface area contributed by atoms with Gasteiger partial charge in [0.2, 0.25) is 0 Å². The van der Waals surface area contributed by atoms with Crippen molar-refractivity contribution >= 4 is 17.1 Å². The quantitative estimate of drug-likeness (QED) is 0.675. The van der Waals surface area contributed by atoms with E-state index in [2.05, 4.69) is 62.8 Å². The SMILES string of the molecule is C1=CC2c3nc4[nH]cnc4nc3NC(c3ccccc3)C2C1. The highest BCUT2D eigenvalue weighted by atomic mass is 15.1. The summed E-state index contributed by atoms with van der Waals surface area (Å²) in [5.74, 6) is 1.67. The topological polar surface area (TPSA) is 66.5 Å². The highest BCUT2D eigenvalue weighted by Gasteiger charge is 2.39. The first kappa shape index (κ1) is 11.9. The van der Waals surface area contributed by atoms with Crippen molar-refractivity contribution in [1.29, 1.82) is 0 Å². The van der Waals surface area contributed by atoms with Crippen LogP contribution in [0.4, 0.5) is 5.82 Å². The van der Waals surface area contributed by atoms with Crippen LogP contribution in [0.2, 0.25) is 0 Å². The summed E-state index contributed by atoms with van der Waals surface area (Å²) in [4.78, 5) is 16.7. The number of imidazole rings is 1. The summed E-state index contributed by atoms with van der Waals surface area (Å²) in [7, 11) is 0. The molecule has 1 aliphatic carbocycles. The van der Waals surface area contributed by atoms with Crippen molar-refractivity contribution in [3.63, 3.8) is 0 Å². The number of hydrogen-bond donors (Lipinski definition) is 2. The van der Waals surface area contributed by atoms with Gasteiger partial charge in [0.25, 0.3) is 0 Å². The maximum absolute atomic E-state index is 4.75. The van der Waals surface area contributed by atoms with Crippen LogP contribution in [0.25, 0.3) is 11.3 Å². The van der Waals surface area contributed by atoms with Gasteiger partial charge in [-0.2, -0.15) is 0 Å². The molecule has 3 aromatic rings. The van der Waals surface area contributed by atoms with E-state index in [1.54, 1.807) is 6.33 Å². The highest BCUT2D eigenvalue weighted by molar-refractivity contribution is 5.69. The number of aromatic nitrogens is 4. The van der Waals surface area contributed by atoms with Gasteiger partial charge in [-0.3, -0.25) is 0 Å². The standard InChI is InChI=1S/C17H15N5/c1-2-5-10(6-3-1)13-11-7-4-8-12(11)14-15(20-13)22-17-16(21-14)18-9-19-17/h1-6,8-9,11-13H,7H2,(H2,18,19,20,21,22). The van der Waals surface area contributed by atoms with Gasteiger partial charge in [0.1, 0.15) is 0 Å². The van der Waals surface area contributed by atoms with Gasteiger partial charge in [0, 0.05) is 5.92 Å². The normalized spacial score (nSPS) is 25.7. The molecule has 3 heterocycles. The third kappa shape index (κ3) is 1.62. The van der Waals surface area contributed by atoms with Crippen LogP contribution in [0.3, 0.4) is 0 Å². The molecule has 3 unspecified atom stereocenters. The smallest absolute Gasteiger partial charge is 0.199 e. The largest absolute Gasteiger partial charge is 0.361 e. The summed E-state index contributed by atoms with van der Waals surface area (Å²) in [6.45, 7) is 0. The number of H-pyrrole nitrogens is 1. The third-order valence-corrected chi connectivity index (χ3v) is 4.70. The van der Waals surface area contributed by atoms with Crippen LogP contribution < -0.4 is 5.32 Å². The molecule has 22 heavy (non-hydrogen) atoms. The van der Waals surface area contributed by atoms with Gasteiger partial charge >= 0.3 is 0 Å². The number of hydrogen-bond acceptors (Lipinski definition) is 4. The molecule has 0 fully saturated rings. The summed E-state index contributed by atoms with van der Waals surface area (Å²) >= 11 is 0. The zero-order valence-electron chi connectivity index (χ0n) is 11.9. The first-order valence-corrected chi connectivity index (χ1v) is 7.59. The van der Waals surface area contributed by atoms with Crippen molar-refractivity contribution in [3.05, 3.63) is 60.1 Å². The molecule has 0 radical (unpaired) electrons. The number of allylic oxidation sites excluding steroid dienone is 2. The molecule has 108 valence electrons. The fourth-order valence-corrected chi connectivity index (χ4v) is 3.67. The Hall–Kier alpha value is -2.69. The molecule has 0 amide bonds. The van der Waals surface area contributed by atoms with Crippen molar-refractivity contribution in [2.45, 2.75) is 18.4 Å². The van der Waals surface area contributed by atoms with Gasteiger partial charge < -0.3 is 10.3 Å². The average molecular weight is 289 g/mol. The lowest BCUT2D eigenvalue weighted by Gasteiger charge is -2.35. The Morgan fingerprint density at radius 3 is 2.91 bits per heavy atom. The lowest BCUT2D eigenvalue weighted by Crippen LogP contribution is -2.30. The van der Waals surface area contributed by atoms with E-state index in [-0.39, 0.29) is 6.04 Å². The maximum Gasteiger partial charge on any atom is 0.199 e. The van der Waals surface area contributed by atoms with Crippen molar-refractivity contribution < 1.29 is 0 Å². The number of nitrogens with zero attached hydrogens (tertiary/aromatic N) is 3. The molecule has 0 saturated heterocycles. The van der Waals surface area contributed by atoms with Crippen LogP contribution in [0.1, 0.15) is 29.6 Å². The molecule has 5 nitrogen and oxygen atoms in total. The minimum absolute atomic E-state index is 0.263. The second-order valence-corrected chi connectivity index (χ2v) is 5.92. The van der Waals surface area contributed by atoms with E-state index in [0.29, 0.717) is 17.5 Å². The molecular formula is C17H15N5. The number of benzene rings is 1. The minimum Gasteiger partial charge on any atom is -0.361 e. The van der Waals surface area contributed by atoms with Gasteiger partial charge in [0.05, 0.1) is 18.1 Å². The summed E-state index contributed by atoms with van der Waals surface area (Å²) < 4.78 is 0. The van der Waals surface area contributed by atoms with Crippen molar-refractivity contribution in [2.24, 2.45) is 5.92 Å². The fourth-order valence-electron chi connectivity index (χ4n) is 3.67. The Morgan fingerprint density at radius 2 is 2.00 bits per heavy atom. The first-order valence-electron chi connectivity index (χ1n) is 7.59. The van der Waals surface area contributed by atoms with Crippen LogP contribution in [0.5, 0.6) is 0 Å². The van der Waals surface area contributed by atoms with E-state index in [1.165, 1.54) is 5.56 Å². The molecular weight excluding hydrogens is 274 g/mol. The van der Waals surface area contributed by atoms with E-state index < -0.39 is 0 Å². The molecule has 0 bridgehead atoms. The highest BCUT2D eigenvalue weighted by Crippen LogP contribution is 2.48. The maximum atomic E-state index is 4.75. The molecule has 5 heteroatoms. The predicted octanol–water partition coefficient (Wildman–Crippen LogP) is 3.18. The first-order chi connectivity index (χ1) is 10.9. The minimum atomic E-state index is 0.263. The zero-order valence-corrected chi connectivity index (χ0v) is 11.9. The molecule has 0 saturated carbocycles. The zero-order chi connectivity index (χ0) is 14.5. The van der Waals surface area contributed by atoms with Crippen molar-refractivity contribution in [1.82, 2.24) is 19.9 Å². The molecule has 1 aromatic carbocycles. The molecule has 2 aliphatic rings. The van der Waals surface area contributed by atoms with Gasteiger partial charge in [-0.25, -0.2) is 15.0 Å². The predicted molar refractivity (Wildman–Crippen MR) is 84.5 cm³/mol. The number of aromatic amines is 1. The molecule has 2 N–H and O–H groups in total.